The van der Waals surface area contributed by atoms with Crippen molar-refractivity contribution in [2.45, 2.75) is 26.3 Å². The predicted octanol–water partition coefficient (Wildman–Crippen LogP) is 1.61. The molecule has 1 aromatic rings. The van der Waals surface area contributed by atoms with Gasteiger partial charge in [0.05, 0.1) is 0 Å². The third kappa shape index (κ3) is 5.06. The third-order valence-electron chi connectivity index (χ3n) is 4.16. The maximum atomic E-state index is 12.8. The second-order valence-electron chi connectivity index (χ2n) is 6.65. The maximum absolute atomic E-state index is 12.8. The number of hydrogen-bond acceptors (Lipinski definition) is 3. The minimum absolute atomic E-state index is 0.0380. The molecule has 1 fully saturated rings. The number of amides is 2. The molecule has 0 aromatic heterocycles. The van der Waals surface area contributed by atoms with Crippen LogP contribution in [0.5, 0.6) is 0 Å². The Balaban J connectivity index is 2.04. The van der Waals surface area contributed by atoms with E-state index in [0.29, 0.717) is 17.9 Å². The molecule has 5 heteroatoms. The summed E-state index contributed by atoms with van der Waals surface area (Å²) in [6.07, 6.45) is 0.656. The molecule has 0 unspecified atom stereocenters. The summed E-state index contributed by atoms with van der Waals surface area (Å²) in [4.78, 5) is 29.3. The number of piperazine rings is 1. The zero-order valence-electron chi connectivity index (χ0n) is 14.3. The van der Waals surface area contributed by atoms with E-state index >= 15 is 0 Å². The Bertz CT molecular complexity index is 522. The van der Waals surface area contributed by atoms with Crippen molar-refractivity contribution in [3.63, 3.8) is 0 Å². The van der Waals surface area contributed by atoms with Crippen LogP contribution >= 0.6 is 0 Å². The van der Waals surface area contributed by atoms with Crippen LogP contribution < -0.4 is 5.32 Å². The van der Waals surface area contributed by atoms with Gasteiger partial charge in [-0.1, -0.05) is 32.0 Å². The molecule has 1 aromatic carbocycles. The van der Waals surface area contributed by atoms with Crippen molar-refractivity contribution in [2.75, 3.05) is 33.2 Å². The van der Waals surface area contributed by atoms with E-state index in [2.05, 4.69) is 31.1 Å². The Morgan fingerprint density at radius 2 is 1.70 bits per heavy atom. The monoisotopic (exact) mass is 317 g/mol. The SMILES string of the molecule is CC(C)C[C@H](NC(=O)c1ccccc1)C(=O)N1CCN(C)CC1. The lowest BCUT2D eigenvalue weighted by Crippen LogP contribution is -2.54. The largest absolute Gasteiger partial charge is 0.340 e. The highest BCUT2D eigenvalue weighted by Gasteiger charge is 2.28. The second kappa shape index (κ2) is 8.11. The van der Waals surface area contributed by atoms with Crippen LogP contribution in [0.3, 0.4) is 0 Å². The molecular weight excluding hydrogens is 290 g/mol. The number of benzene rings is 1. The van der Waals surface area contributed by atoms with Gasteiger partial charge in [0.15, 0.2) is 0 Å². The minimum atomic E-state index is -0.453. The van der Waals surface area contributed by atoms with Crippen LogP contribution in [0.2, 0.25) is 0 Å². The standard InChI is InChI=1S/C18H27N3O2/c1-14(2)13-16(18(23)21-11-9-20(3)10-12-21)19-17(22)15-7-5-4-6-8-15/h4-8,14,16H,9-13H2,1-3H3,(H,19,22)/t16-/m0/s1. The van der Waals surface area contributed by atoms with Gasteiger partial charge in [-0.15, -0.1) is 0 Å². The molecule has 0 saturated carbocycles. The van der Waals surface area contributed by atoms with E-state index in [0.717, 1.165) is 26.2 Å². The predicted molar refractivity (Wildman–Crippen MR) is 91.2 cm³/mol. The van der Waals surface area contributed by atoms with Crippen LogP contribution in [-0.4, -0.2) is 60.9 Å². The van der Waals surface area contributed by atoms with Crippen LogP contribution in [-0.2, 0) is 4.79 Å². The number of nitrogens with one attached hydrogen (secondary N) is 1. The van der Waals surface area contributed by atoms with E-state index < -0.39 is 6.04 Å². The fourth-order valence-corrected chi connectivity index (χ4v) is 2.77. The van der Waals surface area contributed by atoms with E-state index in [1.165, 1.54) is 0 Å². The molecule has 5 nitrogen and oxygen atoms in total. The van der Waals surface area contributed by atoms with E-state index in [1.807, 2.05) is 23.1 Å². The fourth-order valence-electron chi connectivity index (χ4n) is 2.77. The lowest BCUT2D eigenvalue weighted by atomic mass is 10.0. The molecular formula is C18H27N3O2. The average molecular weight is 317 g/mol. The van der Waals surface area contributed by atoms with Crippen LogP contribution in [0.25, 0.3) is 0 Å². The van der Waals surface area contributed by atoms with Gasteiger partial charge in [-0.3, -0.25) is 9.59 Å². The van der Waals surface area contributed by atoms with Crippen molar-refractivity contribution in [3.8, 4) is 0 Å². The van der Waals surface area contributed by atoms with E-state index in [9.17, 15) is 9.59 Å². The van der Waals surface area contributed by atoms with Crippen molar-refractivity contribution in [2.24, 2.45) is 5.92 Å². The highest BCUT2D eigenvalue weighted by atomic mass is 16.2. The van der Waals surface area contributed by atoms with Crippen LogP contribution in [0.15, 0.2) is 30.3 Å². The Labute approximate surface area is 138 Å². The van der Waals surface area contributed by atoms with Crippen molar-refractivity contribution < 1.29 is 9.59 Å². The fraction of sp³-hybridized carbons (Fsp3) is 0.556. The van der Waals surface area contributed by atoms with Gasteiger partial charge in [0.25, 0.3) is 5.91 Å². The van der Waals surface area contributed by atoms with Crippen LogP contribution in [0.1, 0.15) is 30.6 Å². The molecule has 0 spiro atoms. The minimum Gasteiger partial charge on any atom is -0.340 e. The highest BCUT2D eigenvalue weighted by molar-refractivity contribution is 5.97. The molecule has 0 radical (unpaired) electrons. The molecule has 1 aliphatic heterocycles. The smallest absolute Gasteiger partial charge is 0.251 e. The van der Waals surface area contributed by atoms with Crippen molar-refractivity contribution >= 4 is 11.8 Å². The molecule has 1 saturated heterocycles. The van der Waals surface area contributed by atoms with Gasteiger partial charge in [0, 0.05) is 31.7 Å². The third-order valence-corrected chi connectivity index (χ3v) is 4.16. The molecule has 23 heavy (non-hydrogen) atoms. The number of carbonyl (C=O) groups excluding carboxylic acids is 2. The zero-order chi connectivity index (χ0) is 16.8. The lowest BCUT2D eigenvalue weighted by Gasteiger charge is -2.35. The molecule has 0 bridgehead atoms. The number of hydrogen-bond donors (Lipinski definition) is 1. The number of nitrogens with zero attached hydrogens (tertiary/aromatic N) is 2. The zero-order valence-corrected chi connectivity index (χ0v) is 14.3. The van der Waals surface area contributed by atoms with Gasteiger partial charge in [0.2, 0.25) is 5.91 Å². The molecule has 1 heterocycles. The number of likely N-dealkylation sites (N-methyl/N-ethyl adjacent to an activating group) is 1. The molecule has 0 aliphatic carbocycles. The van der Waals surface area contributed by atoms with Crippen molar-refractivity contribution in [3.05, 3.63) is 35.9 Å². The summed E-state index contributed by atoms with van der Waals surface area (Å²) in [6.45, 7) is 7.35. The first-order valence-corrected chi connectivity index (χ1v) is 8.30. The van der Waals surface area contributed by atoms with E-state index in [4.69, 9.17) is 0 Å². The normalized spacial score (nSPS) is 17.1. The maximum Gasteiger partial charge on any atom is 0.251 e. The van der Waals surface area contributed by atoms with Gasteiger partial charge < -0.3 is 15.1 Å². The van der Waals surface area contributed by atoms with Crippen molar-refractivity contribution in [1.82, 2.24) is 15.1 Å². The molecule has 126 valence electrons. The topological polar surface area (TPSA) is 52.7 Å². The average Bonchev–Trinajstić information content (AvgIpc) is 2.54. The van der Waals surface area contributed by atoms with Gasteiger partial charge >= 0.3 is 0 Å². The van der Waals surface area contributed by atoms with E-state index in [-0.39, 0.29) is 11.8 Å². The first-order valence-electron chi connectivity index (χ1n) is 8.30. The first kappa shape index (κ1) is 17.5. The number of carbonyl (C=O) groups is 2. The molecule has 1 N–H and O–H groups in total. The summed E-state index contributed by atoms with van der Waals surface area (Å²) in [5.74, 6) is 0.197. The van der Waals surface area contributed by atoms with E-state index in [1.54, 1.807) is 12.1 Å². The Kier molecular flexibility index (Phi) is 6.16. The Hall–Kier alpha value is -1.88. The summed E-state index contributed by atoms with van der Waals surface area (Å²) in [5.41, 5.74) is 0.590. The van der Waals surface area contributed by atoms with Gasteiger partial charge in [-0.05, 0) is 31.5 Å². The summed E-state index contributed by atoms with van der Waals surface area (Å²) < 4.78 is 0. The summed E-state index contributed by atoms with van der Waals surface area (Å²) in [7, 11) is 2.06. The summed E-state index contributed by atoms with van der Waals surface area (Å²) >= 11 is 0. The molecule has 1 aliphatic rings. The quantitative estimate of drug-likeness (QED) is 0.897. The van der Waals surface area contributed by atoms with Gasteiger partial charge in [-0.2, -0.15) is 0 Å². The highest BCUT2D eigenvalue weighted by Crippen LogP contribution is 2.11. The van der Waals surface area contributed by atoms with Crippen LogP contribution in [0.4, 0.5) is 0 Å². The number of rotatable bonds is 5. The van der Waals surface area contributed by atoms with Gasteiger partial charge in [-0.25, -0.2) is 0 Å². The lowest BCUT2D eigenvalue weighted by molar-refractivity contribution is -0.135. The summed E-state index contributed by atoms with van der Waals surface area (Å²) in [6, 6.07) is 8.61. The molecule has 1 atom stereocenters. The summed E-state index contributed by atoms with van der Waals surface area (Å²) in [5, 5.41) is 2.93. The Morgan fingerprint density at radius 3 is 2.26 bits per heavy atom. The molecule has 2 rings (SSSR count). The first-order chi connectivity index (χ1) is 11.0. The Morgan fingerprint density at radius 1 is 1.09 bits per heavy atom. The van der Waals surface area contributed by atoms with Gasteiger partial charge in [0.1, 0.15) is 6.04 Å². The van der Waals surface area contributed by atoms with Crippen LogP contribution in [0, 0.1) is 5.92 Å². The molecule has 2 amide bonds. The second-order valence-corrected chi connectivity index (χ2v) is 6.65. The van der Waals surface area contributed by atoms with Crippen molar-refractivity contribution in [1.29, 1.82) is 0 Å².